The van der Waals surface area contributed by atoms with Gasteiger partial charge in [-0.15, -0.1) is 0 Å². The van der Waals surface area contributed by atoms with E-state index in [-0.39, 0.29) is 33.1 Å². The van der Waals surface area contributed by atoms with Crippen LogP contribution in [-0.2, 0) is 4.79 Å². The van der Waals surface area contributed by atoms with Crippen LogP contribution in [0.25, 0.3) is 0 Å². The average Bonchev–Trinajstić information content (AvgIpc) is 3.52. The number of guanidine groups is 1. The molecule has 31 heavy (non-hydrogen) atoms. The van der Waals surface area contributed by atoms with E-state index in [0.717, 1.165) is 15.8 Å². The predicted molar refractivity (Wildman–Crippen MR) is 126 cm³/mol. The first-order valence-corrected chi connectivity index (χ1v) is 12.7. The summed E-state index contributed by atoms with van der Waals surface area (Å²) in [5.41, 5.74) is 2.34. The fraction of sp³-hybridized carbons (Fsp3) is 0.400. The third kappa shape index (κ3) is 5.03. The van der Waals surface area contributed by atoms with Crippen LogP contribution in [0.15, 0.2) is 29.6 Å². The number of rotatable bonds is 6. The first-order chi connectivity index (χ1) is 15.0. The number of halogens is 2. The van der Waals surface area contributed by atoms with Crippen molar-refractivity contribution in [1.82, 2.24) is 15.0 Å². The van der Waals surface area contributed by atoms with Gasteiger partial charge >= 0.3 is 0 Å². The first-order valence-electron chi connectivity index (χ1n) is 9.89. The molecule has 3 N–H and O–H groups in total. The van der Waals surface area contributed by atoms with Crippen molar-refractivity contribution in [3.63, 3.8) is 0 Å². The largest absolute Gasteiger partial charge is 0.387 e. The Morgan fingerprint density at radius 2 is 2.19 bits per heavy atom. The van der Waals surface area contributed by atoms with Gasteiger partial charge in [0.15, 0.2) is 0 Å². The topological polar surface area (TPSA) is 116 Å². The zero-order valence-corrected chi connectivity index (χ0v) is 19.2. The number of alkyl halides is 2. The van der Waals surface area contributed by atoms with E-state index < -0.39 is 18.2 Å². The number of nitrogens with zero attached hydrogens (tertiary/aromatic N) is 5. The summed E-state index contributed by atoms with van der Waals surface area (Å²) in [5, 5.41) is 16.0. The molecule has 1 saturated carbocycles. The van der Waals surface area contributed by atoms with E-state index in [9.17, 15) is 14.3 Å². The van der Waals surface area contributed by atoms with Gasteiger partial charge in [0.2, 0.25) is 11.9 Å². The van der Waals surface area contributed by atoms with Crippen LogP contribution in [0.4, 0.5) is 21.7 Å². The zero-order chi connectivity index (χ0) is 22.0. The lowest BCUT2D eigenvalue weighted by Gasteiger charge is -2.25. The molecule has 1 unspecified atom stereocenters. The Morgan fingerprint density at radius 1 is 1.39 bits per heavy atom. The summed E-state index contributed by atoms with van der Waals surface area (Å²) in [7, 11) is 0. The molecule has 3 heterocycles. The molecule has 2 aliphatic rings. The summed E-state index contributed by atoms with van der Waals surface area (Å²) in [6.07, 6.45) is 2.24. The maximum Gasteiger partial charge on any atom is 0.231 e. The highest BCUT2D eigenvalue weighted by atomic mass is 127. The number of anilines is 3. The van der Waals surface area contributed by atoms with Gasteiger partial charge in [0.1, 0.15) is 24.1 Å². The number of nitrogens with one attached hydrogen (secondary N) is 2. The standard InChI is InChI=1S/C20H23FIN7O2/c1-3-16(30)14-4-11(2)15(7-23-14)27-20-24-8-22-9-29(20)18-6-17(25-10-26-18)28-19(31)12-5-13(12)21/h4,6-7,9-10,12-13,16,30H,3,5,8H2,1-2H3,(H,24,27)(H,25,26,28,31)/t12-,13+,16?/m0/s1. The van der Waals surface area contributed by atoms with Gasteiger partial charge in [-0.2, -0.15) is 0 Å². The second-order valence-electron chi connectivity index (χ2n) is 7.31. The van der Waals surface area contributed by atoms with Crippen molar-refractivity contribution in [3.8, 4) is 0 Å². The summed E-state index contributed by atoms with van der Waals surface area (Å²) in [6.45, 7) is 3.84. The smallest absolute Gasteiger partial charge is 0.231 e. The van der Waals surface area contributed by atoms with Crippen molar-refractivity contribution in [2.24, 2.45) is 10.9 Å². The van der Waals surface area contributed by atoms with Gasteiger partial charge in [0.05, 0.1) is 34.2 Å². The van der Waals surface area contributed by atoms with Crippen LogP contribution in [-0.4, -0.2) is 46.8 Å². The van der Waals surface area contributed by atoms with E-state index in [2.05, 4.69) is 34.7 Å². The number of amides is 1. The summed E-state index contributed by atoms with van der Waals surface area (Å²) in [5.74, 6) is 0.500. The van der Waals surface area contributed by atoms with E-state index in [1.165, 1.54) is 6.33 Å². The van der Waals surface area contributed by atoms with Crippen molar-refractivity contribution < 1.29 is 14.3 Å². The number of hydrogen-bond donors (Lipinski definition) is 3. The van der Waals surface area contributed by atoms with Gasteiger partial charge in [0, 0.05) is 10.2 Å². The lowest BCUT2D eigenvalue weighted by atomic mass is 10.1. The van der Waals surface area contributed by atoms with E-state index in [1.807, 2.05) is 24.8 Å². The fourth-order valence-electron chi connectivity index (χ4n) is 2.99. The van der Waals surface area contributed by atoms with Crippen molar-refractivity contribution in [1.29, 1.82) is 0 Å². The molecule has 1 aliphatic heterocycles. The van der Waals surface area contributed by atoms with Gasteiger partial charge in [0.25, 0.3) is 0 Å². The molecule has 1 amide bonds. The van der Waals surface area contributed by atoms with Crippen LogP contribution in [0.2, 0.25) is 0 Å². The Balaban J connectivity index is 1.51. The predicted octanol–water partition coefficient (Wildman–Crippen LogP) is 2.90. The van der Waals surface area contributed by atoms with Crippen LogP contribution in [0, 0.1) is 12.8 Å². The molecule has 2 aromatic rings. The van der Waals surface area contributed by atoms with E-state index in [0.29, 0.717) is 29.7 Å². The highest BCUT2D eigenvalue weighted by Gasteiger charge is 2.43. The number of carbonyl (C=O) groups excluding carboxylic acids is 1. The Hall–Kier alpha value is -2.54. The summed E-state index contributed by atoms with van der Waals surface area (Å²) < 4.78 is 15.9. The SMILES string of the molecule is CCC(O)c1cc(C)c(NC2=NCI=CN2c2cc(NC(=O)[C@H]3C[C@H]3F)ncn2)cn1. The average molecular weight is 539 g/mol. The molecule has 1 aliphatic carbocycles. The Labute approximate surface area is 189 Å². The molecular formula is C20H23FIN7O2. The number of aryl methyl sites for hydroxylation is 1. The molecule has 0 bridgehead atoms. The summed E-state index contributed by atoms with van der Waals surface area (Å²) in [4.78, 5) is 31.2. The second kappa shape index (κ2) is 9.30. The number of aliphatic imine (C=N–C) groups is 1. The van der Waals surface area contributed by atoms with E-state index >= 15 is 0 Å². The van der Waals surface area contributed by atoms with Crippen LogP contribution in [0.3, 0.4) is 0 Å². The molecule has 4 rings (SSSR count). The Bertz CT molecular complexity index is 1050. The zero-order valence-electron chi connectivity index (χ0n) is 17.1. The maximum absolute atomic E-state index is 13.1. The van der Waals surface area contributed by atoms with Gasteiger partial charge in [-0.25, -0.2) is 19.4 Å². The molecule has 11 heteroatoms. The minimum Gasteiger partial charge on any atom is -0.387 e. The number of pyridine rings is 1. The molecule has 1 fully saturated rings. The molecule has 0 aromatic carbocycles. The highest BCUT2D eigenvalue weighted by molar-refractivity contribution is 14.2. The highest BCUT2D eigenvalue weighted by Crippen LogP contribution is 2.34. The molecular weight excluding hydrogens is 516 g/mol. The van der Waals surface area contributed by atoms with Crippen molar-refractivity contribution in [3.05, 3.63) is 35.9 Å². The fourth-order valence-corrected chi connectivity index (χ4v) is 4.63. The molecule has 0 radical (unpaired) electrons. The summed E-state index contributed by atoms with van der Waals surface area (Å²) in [6, 6.07) is 3.50. The lowest BCUT2D eigenvalue weighted by molar-refractivity contribution is -0.117. The molecule has 2 aromatic heterocycles. The number of hydrogen-bond acceptors (Lipinski definition) is 8. The van der Waals surface area contributed by atoms with Gasteiger partial charge in [-0.05, 0) is 31.4 Å². The molecule has 0 spiro atoms. The van der Waals surface area contributed by atoms with Crippen molar-refractivity contribution in [2.45, 2.75) is 39.0 Å². The van der Waals surface area contributed by atoms with Crippen LogP contribution >= 0.6 is 20.7 Å². The monoisotopic (exact) mass is 539 g/mol. The quantitative estimate of drug-likeness (QED) is 0.294. The molecule has 164 valence electrons. The van der Waals surface area contributed by atoms with Crippen molar-refractivity contribution in [2.75, 3.05) is 20.1 Å². The Kier molecular flexibility index (Phi) is 6.51. The van der Waals surface area contributed by atoms with Crippen LogP contribution in [0.5, 0.6) is 0 Å². The molecule has 3 atom stereocenters. The minimum absolute atomic E-state index is 0.260. The van der Waals surface area contributed by atoms with E-state index in [1.54, 1.807) is 12.3 Å². The van der Waals surface area contributed by atoms with E-state index in [4.69, 9.17) is 0 Å². The molecule has 0 saturated heterocycles. The van der Waals surface area contributed by atoms with Crippen LogP contribution < -0.4 is 15.5 Å². The van der Waals surface area contributed by atoms with Gasteiger partial charge < -0.3 is 15.7 Å². The van der Waals surface area contributed by atoms with Crippen molar-refractivity contribution >= 4 is 54.1 Å². The summed E-state index contributed by atoms with van der Waals surface area (Å²) >= 11 is -0.286. The third-order valence-corrected chi connectivity index (χ3v) is 6.67. The molecule has 9 nitrogen and oxygen atoms in total. The van der Waals surface area contributed by atoms with Gasteiger partial charge in [-0.3, -0.25) is 14.7 Å². The number of carbonyl (C=O) groups is 1. The number of aliphatic hydroxyl groups excluding tert-OH is 1. The second-order valence-corrected chi connectivity index (χ2v) is 9.43. The number of aromatic nitrogens is 3. The van der Waals surface area contributed by atoms with Crippen LogP contribution in [0.1, 0.15) is 37.1 Å². The minimum atomic E-state index is -1.06. The van der Waals surface area contributed by atoms with Gasteiger partial charge in [-0.1, -0.05) is 27.7 Å². The lowest BCUT2D eigenvalue weighted by Crippen LogP contribution is -2.37. The number of aliphatic hydroxyl groups is 1. The first kappa shape index (κ1) is 21.7. The third-order valence-electron chi connectivity index (χ3n) is 4.98. The Morgan fingerprint density at radius 3 is 2.90 bits per heavy atom. The maximum atomic E-state index is 13.1. The normalized spacial score (nSPS) is 21.0.